The van der Waals surface area contributed by atoms with Crippen molar-refractivity contribution in [3.05, 3.63) is 83.4 Å². The molecule has 3 aromatic rings. The van der Waals surface area contributed by atoms with Gasteiger partial charge in [0.25, 0.3) is 5.91 Å². The summed E-state index contributed by atoms with van der Waals surface area (Å²) in [5, 5.41) is 2.75. The molecule has 160 valence electrons. The Hall–Kier alpha value is -2.81. The van der Waals surface area contributed by atoms with Crippen LogP contribution in [-0.2, 0) is 19.4 Å². The topological polar surface area (TPSA) is 89.5 Å². The number of benzene rings is 3. The molecule has 0 radical (unpaired) electrons. The second kappa shape index (κ2) is 10.00. The van der Waals surface area contributed by atoms with E-state index in [1.807, 2.05) is 42.5 Å². The molecular weight excluding hydrogens is 458 g/mol. The van der Waals surface area contributed by atoms with Crippen LogP contribution in [0.3, 0.4) is 0 Å². The summed E-state index contributed by atoms with van der Waals surface area (Å²) in [7, 11) is -3.53. The average molecular weight is 476 g/mol. The maximum absolute atomic E-state index is 12.3. The van der Waals surface area contributed by atoms with Crippen LogP contribution in [0.4, 0.5) is 5.69 Å². The van der Waals surface area contributed by atoms with E-state index < -0.39 is 28.3 Å². The second-order valence-electron chi connectivity index (χ2n) is 6.45. The third-order valence-electron chi connectivity index (χ3n) is 4.05. The summed E-state index contributed by atoms with van der Waals surface area (Å²) in [4.78, 5) is 26.4. The van der Waals surface area contributed by atoms with Crippen molar-refractivity contribution < 1.29 is 22.7 Å². The van der Waals surface area contributed by atoms with Gasteiger partial charge in [-0.3, -0.25) is 4.79 Å². The van der Waals surface area contributed by atoms with Gasteiger partial charge in [0.1, 0.15) is 0 Å². The number of esters is 1. The first-order valence-electron chi connectivity index (χ1n) is 9.02. The lowest BCUT2D eigenvalue weighted by molar-refractivity contribution is -0.119. The van der Waals surface area contributed by atoms with Gasteiger partial charge < -0.3 is 10.1 Å². The van der Waals surface area contributed by atoms with Gasteiger partial charge in [-0.2, -0.15) is 0 Å². The zero-order chi connectivity index (χ0) is 22.4. The lowest BCUT2D eigenvalue weighted by Gasteiger charge is -2.11. The number of sulfone groups is 1. The molecule has 0 atom stereocenters. The van der Waals surface area contributed by atoms with Gasteiger partial charge in [-0.1, -0.05) is 53.7 Å². The minimum atomic E-state index is -3.53. The van der Waals surface area contributed by atoms with Crippen molar-refractivity contribution in [2.45, 2.75) is 14.7 Å². The van der Waals surface area contributed by atoms with Gasteiger partial charge in [0.2, 0.25) is 0 Å². The number of hydrogen-bond acceptors (Lipinski definition) is 6. The number of nitrogens with one attached hydrogen (secondary N) is 1. The molecule has 0 heterocycles. The molecular formula is C22H18ClNO5S2. The first-order valence-corrected chi connectivity index (χ1v) is 12.1. The number of halogens is 1. The van der Waals surface area contributed by atoms with Gasteiger partial charge in [0.15, 0.2) is 16.4 Å². The van der Waals surface area contributed by atoms with E-state index in [4.69, 9.17) is 16.3 Å². The maximum atomic E-state index is 12.3. The highest BCUT2D eigenvalue weighted by molar-refractivity contribution is 7.99. The molecule has 0 saturated carbocycles. The van der Waals surface area contributed by atoms with Crippen LogP contribution in [-0.4, -0.2) is 33.2 Å². The quantitative estimate of drug-likeness (QED) is 0.498. The van der Waals surface area contributed by atoms with E-state index in [2.05, 4.69) is 5.32 Å². The van der Waals surface area contributed by atoms with Crippen LogP contribution < -0.4 is 5.32 Å². The molecule has 0 aromatic heterocycles. The third kappa shape index (κ3) is 6.33. The standard InChI is InChI=1S/C22H18ClNO5S2/c1-31(27,28)16-11-12-18(23)17(13-16)22(26)29-14-21(25)24-19-9-5-6-10-20(19)30-15-7-3-2-4-8-15/h2-13H,14H2,1H3,(H,24,25). The molecule has 6 nitrogen and oxygen atoms in total. The Morgan fingerprint density at radius 3 is 2.39 bits per heavy atom. The Kier molecular flexibility index (Phi) is 7.37. The molecule has 0 unspecified atom stereocenters. The number of ether oxygens (including phenoxy) is 1. The third-order valence-corrected chi connectivity index (χ3v) is 6.58. The summed E-state index contributed by atoms with van der Waals surface area (Å²) in [5.41, 5.74) is 0.451. The predicted octanol–water partition coefficient (Wildman–Crippen LogP) is 4.69. The Balaban J connectivity index is 1.66. The van der Waals surface area contributed by atoms with E-state index in [0.29, 0.717) is 5.69 Å². The summed E-state index contributed by atoms with van der Waals surface area (Å²) in [6.07, 6.45) is 1.02. The molecule has 0 aliphatic carbocycles. The number of hydrogen-bond donors (Lipinski definition) is 1. The van der Waals surface area contributed by atoms with Crippen LogP contribution in [0.1, 0.15) is 10.4 Å². The fourth-order valence-corrected chi connectivity index (χ4v) is 4.33. The highest BCUT2D eigenvalue weighted by atomic mass is 35.5. The van der Waals surface area contributed by atoms with Crippen molar-refractivity contribution in [2.24, 2.45) is 0 Å². The first-order chi connectivity index (χ1) is 14.7. The van der Waals surface area contributed by atoms with Gasteiger partial charge in [0.05, 0.1) is 21.2 Å². The fraction of sp³-hybridized carbons (Fsp3) is 0.0909. The second-order valence-corrected chi connectivity index (χ2v) is 9.99. The number of anilines is 1. The van der Waals surface area contributed by atoms with E-state index in [1.165, 1.54) is 23.9 Å². The highest BCUT2D eigenvalue weighted by Gasteiger charge is 2.18. The van der Waals surface area contributed by atoms with Crippen molar-refractivity contribution in [3.63, 3.8) is 0 Å². The van der Waals surface area contributed by atoms with Gasteiger partial charge in [-0.15, -0.1) is 0 Å². The van der Waals surface area contributed by atoms with Gasteiger partial charge in [-0.05, 0) is 42.5 Å². The van der Waals surface area contributed by atoms with E-state index >= 15 is 0 Å². The monoisotopic (exact) mass is 475 g/mol. The van der Waals surface area contributed by atoms with E-state index in [0.717, 1.165) is 22.1 Å². The van der Waals surface area contributed by atoms with Gasteiger partial charge in [0, 0.05) is 16.0 Å². The minimum Gasteiger partial charge on any atom is -0.452 e. The number of rotatable bonds is 7. The number of para-hydroxylation sites is 1. The molecule has 3 aromatic carbocycles. The molecule has 0 bridgehead atoms. The lowest BCUT2D eigenvalue weighted by Crippen LogP contribution is -2.21. The molecule has 0 aliphatic rings. The van der Waals surface area contributed by atoms with E-state index in [9.17, 15) is 18.0 Å². The largest absolute Gasteiger partial charge is 0.452 e. The Labute approximate surface area is 189 Å². The summed E-state index contributed by atoms with van der Waals surface area (Å²) < 4.78 is 28.4. The molecule has 1 N–H and O–H groups in total. The van der Waals surface area contributed by atoms with Gasteiger partial charge in [-0.25, -0.2) is 13.2 Å². The summed E-state index contributed by atoms with van der Waals surface area (Å²) in [6, 6.07) is 20.7. The zero-order valence-electron chi connectivity index (χ0n) is 16.4. The Morgan fingerprint density at radius 2 is 1.68 bits per heavy atom. The first kappa shape index (κ1) is 22.9. The molecule has 0 aliphatic heterocycles. The fourth-order valence-electron chi connectivity index (χ4n) is 2.56. The smallest absolute Gasteiger partial charge is 0.340 e. The molecule has 1 amide bonds. The van der Waals surface area contributed by atoms with Crippen molar-refractivity contribution in [1.82, 2.24) is 0 Å². The predicted molar refractivity (Wildman–Crippen MR) is 120 cm³/mol. The lowest BCUT2D eigenvalue weighted by atomic mass is 10.2. The van der Waals surface area contributed by atoms with Crippen LogP contribution in [0.15, 0.2) is 87.5 Å². The van der Waals surface area contributed by atoms with Crippen molar-refractivity contribution >= 4 is 50.8 Å². The Bertz CT molecular complexity index is 1210. The SMILES string of the molecule is CS(=O)(=O)c1ccc(Cl)c(C(=O)OCC(=O)Nc2ccccc2Sc2ccccc2)c1. The molecule has 0 spiro atoms. The van der Waals surface area contributed by atoms with Crippen molar-refractivity contribution in [3.8, 4) is 0 Å². The van der Waals surface area contributed by atoms with Gasteiger partial charge >= 0.3 is 5.97 Å². The van der Waals surface area contributed by atoms with E-state index in [1.54, 1.807) is 12.1 Å². The summed E-state index contributed by atoms with van der Waals surface area (Å²) in [5.74, 6) is -1.43. The molecule has 31 heavy (non-hydrogen) atoms. The number of carbonyl (C=O) groups excluding carboxylic acids is 2. The molecule has 0 fully saturated rings. The van der Waals surface area contributed by atoms with Crippen LogP contribution in [0, 0.1) is 0 Å². The minimum absolute atomic E-state index is 0.0300. The molecule has 3 rings (SSSR count). The van der Waals surface area contributed by atoms with Crippen LogP contribution in [0.25, 0.3) is 0 Å². The van der Waals surface area contributed by atoms with Crippen LogP contribution >= 0.6 is 23.4 Å². The normalized spacial score (nSPS) is 11.0. The molecule has 9 heteroatoms. The maximum Gasteiger partial charge on any atom is 0.340 e. The number of amides is 1. The molecule has 0 saturated heterocycles. The zero-order valence-corrected chi connectivity index (χ0v) is 18.8. The van der Waals surface area contributed by atoms with Crippen molar-refractivity contribution in [1.29, 1.82) is 0 Å². The summed E-state index contributed by atoms with van der Waals surface area (Å²) >= 11 is 7.47. The Morgan fingerprint density at radius 1 is 1.00 bits per heavy atom. The van der Waals surface area contributed by atoms with Crippen molar-refractivity contribution in [2.75, 3.05) is 18.2 Å². The highest BCUT2D eigenvalue weighted by Crippen LogP contribution is 2.33. The average Bonchev–Trinajstić information content (AvgIpc) is 2.73. The van der Waals surface area contributed by atoms with E-state index in [-0.39, 0.29) is 15.5 Å². The van der Waals surface area contributed by atoms with Crippen LogP contribution in [0.2, 0.25) is 5.02 Å². The summed E-state index contributed by atoms with van der Waals surface area (Å²) in [6.45, 7) is -0.553. The van der Waals surface area contributed by atoms with Crippen LogP contribution in [0.5, 0.6) is 0 Å². The number of carbonyl (C=O) groups is 2.